The number of hydrogen-bond acceptors (Lipinski definition) is 4. The van der Waals surface area contributed by atoms with Crippen molar-refractivity contribution in [3.8, 4) is 5.75 Å². The van der Waals surface area contributed by atoms with Gasteiger partial charge in [-0.25, -0.2) is 0 Å². The molecule has 1 amide bonds. The molecule has 0 saturated heterocycles. The highest BCUT2D eigenvalue weighted by Gasteiger charge is 2.27. The Labute approximate surface area is 125 Å². The first-order chi connectivity index (χ1) is 10.3. The Kier molecular flexibility index (Phi) is 6.50. The number of para-hydroxylation sites is 1. The highest BCUT2D eigenvalue weighted by Crippen LogP contribution is 2.24. The van der Waals surface area contributed by atoms with Crippen LogP contribution in [0.2, 0.25) is 0 Å². The molecule has 5 heteroatoms. The van der Waals surface area contributed by atoms with E-state index in [1.54, 1.807) is 0 Å². The van der Waals surface area contributed by atoms with Crippen LogP contribution in [0.15, 0.2) is 30.3 Å². The van der Waals surface area contributed by atoms with Crippen molar-refractivity contribution in [1.29, 1.82) is 0 Å². The van der Waals surface area contributed by atoms with Crippen molar-refractivity contribution in [3.05, 3.63) is 30.3 Å². The van der Waals surface area contributed by atoms with Crippen LogP contribution in [-0.2, 0) is 9.53 Å². The lowest BCUT2D eigenvalue weighted by Gasteiger charge is -2.19. The topological polar surface area (TPSA) is 73.6 Å². The van der Waals surface area contributed by atoms with Crippen molar-refractivity contribution >= 4 is 5.91 Å². The van der Waals surface area contributed by atoms with Gasteiger partial charge in [-0.15, -0.1) is 0 Å². The summed E-state index contributed by atoms with van der Waals surface area (Å²) in [7, 11) is 0. The molecule has 1 aromatic rings. The van der Waals surface area contributed by atoms with Gasteiger partial charge in [0.15, 0.2) is 0 Å². The zero-order chi connectivity index (χ0) is 14.9. The smallest absolute Gasteiger partial charge is 0.246 e. The van der Waals surface area contributed by atoms with E-state index in [2.05, 4.69) is 5.32 Å². The number of nitrogens with two attached hydrogens (primary N) is 1. The van der Waals surface area contributed by atoms with E-state index in [0.717, 1.165) is 25.0 Å². The lowest BCUT2D eigenvalue weighted by molar-refractivity contribution is -0.126. The van der Waals surface area contributed by atoms with Crippen molar-refractivity contribution in [3.63, 3.8) is 0 Å². The third-order valence-corrected chi connectivity index (χ3v) is 3.78. The van der Waals surface area contributed by atoms with E-state index in [1.807, 2.05) is 30.3 Å². The second kappa shape index (κ2) is 8.64. The summed E-state index contributed by atoms with van der Waals surface area (Å²) >= 11 is 0. The molecule has 1 aromatic carbocycles. The molecule has 21 heavy (non-hydrogen) atoms. The fourth-order valence-corrected chi connectivity index (χ4v) is 2.66. The average molecular weight is 292 g/mol. The summed E-state index contributed by atoms with van der Waals surface area (Å²) in [5.41, 5.74) is 5.70. The number of ether oxygens (including phenoxy) is 2. The van der Waals surface area contributed by atoms with Crippen molar-refractivity contribution in [2.75, 3.05) is 26.4 Å². The van der Waals surface area contributed by atoms with Crippen LogP contribution in [0.1, 0.15) is 19.3 Å². The van der Waals surface area contributed by atoms with E-state index in [9.17, 15) is 4.79 Å². The van der Waals surface area contributed by atoms with Gasteiger partial charge in [-0.2, -0.15) is 0 Å². The Morgan fingerprint density at radius 2 is 2.05 bits per heavy atom. The maximum Gasteiger partial charge on any atom is 0.246 e. The van der Waals surface area contributed by atoms with Crippen molar-refractivity contribution in [2.24, 2.45) is 11.7 Å². The zero-order valence-electron chi connectivity index (χ0n) is 12.3. The van der Waals surface area contributed by atoms with Crippen molar-refractivity contribution in [1.82, 2.24) is 5.32 Å². The molecule has 1 fully saturated rings. The molecule has 116 valence electrons. The molecule has 0 heterocycles. The Bertz CT molecular complexity index is 425. The first-order valence-electron chi connectivity index (χ1n) is 7.54. The second-order valence-corrected chi connectivity index (χ2v) is 5.31. The highest BCUT2D eigenvalue weighted by atomic mass is 16.5. The number of carbonyl (C=O) groups is 1. The second-order valence-electron chi connectivity index (χ2n) is 5.31. The standard InChI is InChI=1S/C16H24N2O3/c17-11-13-5-4-8-15(13)18-16(19)12-20-9-10-21-14-6-2-1-3-7-14/h1-3,6-7,13,15H,4-5,8-12,17H2,(H,18,19). The van der Waals surface area contributed by atoms with E-state index < -0.39 is 0 Å². The zero-order valence-corrected chi connectivity index (χ0v) is 12.3. The minimum absolute atomic E-state index is 0.0694. The van der Waals surface area contributed by atoms with Gasteiger partial charge in [0.2, 0.25) is 5.91 Å². The summed E-state index contributed by atoms with van der Waals surface area (Å²) in [6, 6.07) is 9.76. The van der Waals surface area contributed by atoms with Gasteiger partial charge in [-0.05, 0) is 37.4 Å². The van der Waals surface area contributed by atoms with E-state index in [0.29, 0.717) is 25.7 Å². The van der Waals surface area contributed by atoms with Gasteiger partial charge in [0.25, 0.3) is 0 Å². The fourth-order valence-electron chi connectivity index (χ4n) is 2.66. The van der Waals surface area contributed by atoms with Crippen LogP contribution in [0.5, 0.6) is 5.75 Å². The molecule has 0 aromatic heterocycles. The Morgan fingerprint density at radius 3 is 2.81 bits per heavy atom. The van der Waals surface area contributed by atoms with Crippen LogP contribution in [0, 0.1) is 5.92 Å². The van der Waals surface area contributed by atoms with Gasteiger partial charge in [-0.1, -0.05) is 24.6 Å². The molecule has 0 radical (unpaired) electrons. The number of amides is 1. The molecular formula is C16H24N2O3. The molecular weight excluding hydrogens is 268 g/mol. The van der Waals surface area contributed by atoms with Gasteiger partial charge in [0.1, 0.15) is 19.0 Å². The summed E-state index contributed by atoms with van der Waals surface area (Å²) in [5.74, 6) is 1.15. The number of nitrogens with one attached hydrogen (secondary N) is 1. The van der Waals surface area contributed by atoms with Crippen LogP contribution >= 0.6 is 0 Å². The van der Waals surface area contributed by atoms with Gasteiger partial charge in [0.05, 0.1) is 6.61 Å². The van der Waals surface area contributed by atoms with Gasteiger partial charge < -0.3 is 20.5 Å². The van der Waals surface area contributed by atoms with Gasteiger partial charge in [0, 0.05) is 6.04 Å². The molecule has 1 aliphatic carbocycles. The third-order valence-electron chi connectivity index (χ3n) is 3.78. The Morgan fingerprint density at radius 1 is 1.24 bits per heavy atom. The minimum atomic E-state index is -0.0694. The summed E-state index contributed by atoms with van der Waals surface area (Å²) in [6.07, 6.45) is 3.26. The Hall–Kier alpha value is -1.59. The lowest BCUT2D eigenvalue weighted by Crippen LogP contribution is -2.41. The molecule has 0 spiro atoms. The average Bonchev–Trinajstić information content (AvgIpc) is 2.95. The number of rotatable bonds is 8. The maximum absolute atomic E-state index is 11.8. The van der Waals surface area contributed by atoms with E-state index in [4.69, 9.17) is 15.2 Å². The van der Waals surface area contributed by atoms with E-state index >= 15 is 0 Å². The Balaban J connectivity index is 1.55. The predicted octanol–water partition coefficient (Wildman–Crippen LogP) is 1.33. The first-order valence-corrected chi connectivity index (χ1v) is 7.54. The molecule has 2 atom stereocenters. The molecule has 5 nitrogen and oxygen atoms in total. The lowest BCUT2D eigenvalue weighted by atomic mass is 10.0. The van der Waals surface area contributed by atoms with Crippen LogP contribution < -0.4 is 15.8 Å². The monoisotopic (exact) mass is 292 g/mol. The van der Waals surface area contributed by atoms with Crippen LogP contribution in [0.25, 0.3) is 0 Å². The van der Waals surface area contributed by atoms with Gasteiger partial charge >= 0.3 is 0 Å². The summed E-state index contributed by atoms with van der Waals surface area (Å²) < 4.78 is 10.8. The summed E-state index contributed by atoms with van der Waals surface area (Å²) in [6.45, 7) is 1.54. The van der Waals surface area contributed by atoms with E-state index in [-0.39, 0.29) is 18.6 Å². The number of hydrogen-bond donors (Lipinski definition) is 2. The highest BCUT2D eigenvalue weighted by molar-refractivity contribution is 5.77. The molecule has 3 N–H and O–H groups in total. The van der Waals surface area contributed by atoms with Crippen molar-refractivity contribution in [2.45, 2.75) is 25.3 Å². The molecule has 1 aliphatic rings. The predicted molar refractivity (Wildman–Crippen MR) is 81.1 cm³/mol. The summed E-state index contributed by atoms with van der Waals surface area (Å²) in [5, 5.41) is 3.00. The molecule has 2 rings (SSSR count). The van der Waals surface area contributed by atoms with Crippen LogP contribution in [0.4, 0.5) is 0 Å². The van der Waals surface area contributed by atoms with E-state index in [1.165, 1.54) is 0 Å². The van der Waals surface area contributed by atoms with Gasteiger partial charge in [-0.3, -0.25) is 4.79 Å². The first kappa shape index (κ1) is 15.8. The minimum Gasteiger partial charge on any atom is -0.491 e. The molecule has 2 unspecified atom stereocenters. The molecule has 1 saturated carbocycles. The largest absolute Gasteiger partial charge is 0.491 e. The van der Waals surface area contributed by atoms with Crippen molar-refractivity contribution < 1.29 is 14.3 Å². The SMILES string of the molecule is NCC1CCCC1NC(=O)COCCOc1ccccc1. The number of carbonyl (C=O) groups excluding carboxylic acids is 1. The van der Waals surface area contributed by atoms with Crippen LogP contribution in [-0.4, -0.2) is 38.3 Å². The van der Waals surface area contributed by atoms with Crippen LogP contribution in [0.3, 0.4) is 0 Å². The summed E-state index contributed by atoms with van der Waals surface area (Å²) in [4.78, 5) is 11.8. The normalized spacial score (nSPS) is 21.2. The third kappa shape index (κ3) is 5.36. The molecule has 0 aliphatic heterocycles. The quantitative estimate of drug-likeness (QED) is 0.709. The molecule has 0 bridgehead atoms. The number of benzene rings is 1. The maximum atomic E-state index is 11.8. The fraction of sp³-hybridized carbons (Fsp3) is 0.562.